The van der Waals surface area contributed by atoms with Gasteiger partial charge in [0.15, 0.2) is 0 Å². The van der Waals surface area contributed by atoms with Crippen molar-refractivity contribution < 1.29 is 0 Å². The molecule has 11 heavy (non-hydrogen) atoms. The standard InChI is InChI=1S/C8H9ClN2/c9-8-3-7-4-10-2-1-6(7)5-11-8/h3,5,10H,1-2,4H2. The Hall–Kier alpha value is -0.600. The van der Waals surface area contributed by atoms with Gasteiger partial charge in [0.25, 0.3) is 0 Å². The van der Waals surface area contributed by atoms with Crippen molar-refractivity contribution in [2.24, 2.45) is 0 Å². The van der Waals surface area contributed by atoms with Crippen LogP contribution in [0.4, 0.5) is 0 Å². The maximum atomic E-state index is 5.74. The normalized spacial score (nSPS) is 16.1. The third-order valence-corrected chi connectivity index (χ3v) is 2.14. The van der Waals surface area contributed by atoms with E-state index in [9.17, 15) is 0 Å². The molecule has 2 rings (SSSR count). The molecule has 0 bridgehead atoms. The number of rotatable bonds is 0. The van der Waals surface area contributed by atoms with Gasteiger partial charge in [-0.15, -0.1) is 0 Å². The van der Waals surface area contributed by atoms with Crippen LogP contribution < -0.4 is 5.32 Å². The van der Waals surface area contributed by atoms with Gasteiger partial charge in [0.2, 0.25) is 0 Å². The Labute approximate surface area is 70.6 Å². The van der Waals surface area contributed by atoms with Crippen LogP contribution in [0, 0.1) is 0 Å². The van der Waals surface area contributed by atoms with Crippen molar-refractivity contribution in [1.29, 1.82) is 0 Å². The minimum absolute atomic E-state index is 0.590. The molecule has 58 valence electrons. The fraction of sp³-hybridized carbons (Fsp3) is 0.375. The first-order chi connectivity index (χ1) is 5.36. The molecule has 0 unspecified atom stereocenters. The number of hydrogen-bond donors (Lipinski definition) is 1. The predicted molar refractivity (Wildman–Crippen MR) is 44.7 cm³/mol. The monoisotopic (exact) mass is 168 g/mol. The number of nitrogens with zero attached hydrogens (tertiary/aromatic N) is 1. The smallest absolute Gasteiger partial charge is 0.129 e. The molecule has 0 fully saturated rings. The van der Waals surface area contributed by atoms with Crippen LogP contribution in [0.5, 0.6) is 0 Å². The maximum absolute atomic E-state index is 5.74. The SMILES string of the molecule is Clc1cc2c(cn1)CCNC2. The lowest BCUT2D eigenvalue weighted by molar-refractivity contribution is 0.641. The van der Waals surface area contributed by atoms with E-state index in [1.165, 1.54) is 11.1 Å². The molecule has 1 aliphatic rings. The number of nitrogens with one attached hydrogen (secondary N) is 1. The lowest BCUT2D eigenvalue weighted by Crippen LogP contribution is -2.23. The minimum Gasteiger partial charge on any atom is -0.312 e. The zero-order valence-electron chi connectivity index (χ0n) is 6.10. The molecule has 0 aromatic carbocycles. The van der Waals surface area contributed by atoms with Crippen LogP contribution in [0.2, 0.25) is 5.15 Å². The van der Waals surface area contributed by atoms with Gasteiger partial charge >= 0.3 is 0 Å². The Bertz CT molecular complexity index is 273. The third-order valence-electron chi connectivity index (χ3n) is 1.94. The second-order valence-corrected chi connectivity index (χ2v) is 3.09. The molecule has 0 saturated carbocycles. The summed E-state index contributed by atoms with van der Waals surface area (Å²) in [4.78, 5) is 4.03. The molecule has 1 N–H and O–H groups in total. The first kappa shape index (κ1) is 7.07. The highest BCUT2D eigenvalue weighted by Crippen LogP contribution is 2.15. The Kier molecular flexibility index (Phi) is 1.80. The summed E-state index contributed by atoms with van der Waals surface area (Å²) in [5, 5.41) is 3.87. The summed E-state index contributed by atoms with van der Waals surface area (Å²) in [5.74, 6) is 0. The quantitative estimate of drug-likeness (QED) is 0.592. The summed E-state index contributed by atoms with van der Waals surface area (Å²) in [6.07, 6.45) is 2.94. The van der Waals surface area contributed by atoms with E-state index in [0.29, 0.717) is 5.15 Å². The lowest BCUT2D eigenvalue weighted by atomic mass is 10.0. The maximum Gasteiger partial charge on any atom is 0.129 e. The second kappa shape index (κ2) is 2.80. The number of hydrogen-bond acceptors (Lipinski definition) is 2. The van der Waals surface area contributed by atoms with Crippen LogP contribution in [-0.2, 0) is 13.0 Å². The fourth-order valence-corrected chi connectivity index (χ4v) is 1.51. The van der Waals surface area contributed by atoms with Gasteiger partial charge in [0, 0.05) is 12.7 Å². The molecule has 0 amide bonds. The Morgan fingerprint density at radius 1 is 1.45 bits per heavy atom. The fourth-order valence-electron chi connectivity index (χ4n) is 1.33. The molecule has 3 heteroatoms. The van der Waals surface area contributed by atoms with E-state index in [4.69, 9.17) is 11.6 Å². The van der Waals surface area contributed by atoms with Gasteiger partial charge in [-0.25, -0.2) is 4.98 Å². The summed E-state index contributed by atoms with van der Waals surface area (Å²) < 4.78 is 0. The van der Waals surface area contributed by atoms with Gasteiger partial charge in [-0.3, -0.25) is 0 Å². The molecule has 0 saturated heterocycles. The van der Waals surface area contributed by atoms with E-state index in [-0.39, 0.29) is 0 Å². The molecule has 2 nitrogen and oxygen atoms in total. The summed E-state index contributed by atoms with van der Waals surface area (Å²) in [6.45, 7) is 1.98. The van der Waals surface area contributed by atoms with Crippen LogP contribution >= 0.6 is 11.6 Å². The molecule has 2 heterocycles. The Balaban J connectivity index is 2.43. The van der Waals surface area contributed by atoms with E-state index in [1.54, 1.807) is 0 Å². The van der Waals surface area contributed by atoms with Crippen molar-refractivity contribution in [2.75, 3.05) is 6.54 Å². The zero-order valence-corrected chi connectivity index (χ0v) is 6.86. The van der Waals surface area contributed by atoms with Crippen molar-refractivity contribution in [3.05, 3.63) is 28.5 Å². The van der Waals surface area contributed by atoms with E-state index in [2.05, 4.69) is 10.3 Å². The molecule has 0 atom stereocenters. The molecular weight excluding hydrogens is 160 g/mol. The third kappa shape index (κ3) is 1.37. The van der Waals surface area contributed by atoms with Crippen LogP contribution in [0.25, 0.3) is 0 Å². The van der Waals surface area contributed by atoms with E-state index in [0.717, 1.165) is 19.5 Å². The van der Waals surface area contributed by atoms with Crippen LogP contribution in [-0.4, -0.2) is 11.5 Å². The highest BCUT2D eigenvalue weighted by Gasteiger charge is 2.08. The second-order valence-electron chi connectivity index (χ2n) is 2.70. The molecule has 1 aliphatic heterocycles. The van der Waals surface area contributed by atoms with Gasteiger partial charge in [-0.05, 0) is 30.2 Å². The van der Waals surface area contributed by atoms with Gasteiger partial charge in [-0.1, -0.05) is 11.6 Å². The topological polar surface area (TPSA) is 24.9 Å². The van der Waals surface area contributed by atoms with Crippen LogP contribution in [0.3, 0.4) is 0 Å². The van der Waals surface area contributed by atoms with E-state index < -0.39 is 0 Å². The summed E-state index contributed by atoms with van der Waals surface area (Å²) in [7, 11) is 0. The lowest BCUT2D eigenvalue weighted by Gasteiger charge is -2.15. The van der Waals surface area contributed by atoms with Crippen molar-refractivity contribution in [3.63, 3.8) is 0 Å². The first-order valence-corrected chi connectivity index (χ1v) is 4.08. The minimum atomic E-state index is 0.590. The van der Waals surface area contributed by atoms with Crippen molar-refractivity contribution >= 4 is 11.6 Å². The van der Waals surface area contributed by atoms with E-state index in [1.807, 2.05) is 12.3 Å². The zero-order chi connectivity index (χ0) is 7.68. The molecule has 0 spiro atoms. The molecular formula is C8H9ClN2. The van der Waals surface area contributed by atoms with Crippen LogP contribution in [0.1, 0.15) is 11.1 Å². The summed E-state index contributed by atoms with van der Waals surface area (Å²) >= 11 is 5.74. The summed E-state index contributed by atoms with van der Waals surface area (Å²) in [5.41, 5.74) is 2.62. The van der Waals surface area contributed by atoms with Gasteiger partial charge in [0.1, 0.15) is 5.15 Å². The number of aromatic nitrogens is 1. The van der Waals surface area contributed by atoms with Crippen LogP contribution in [0.15, 0.2) is 12.3 Å². The van der Waals surface area contributed by atoms with Crippen molar-refractivity contribution in [1.82, 2.24) is 10.3 Å². The predicted octanol–water partition coefficient (Wildman–Crippen LogP) is 1.38. The molecule has 1 aromatic heterocycles. The highest BCUT2D eigenvalue weighted by molar-refractivity contribution is 6.29. The first-order valence-electron chi connectivity index (χ1n) is 3.70. The largest absolute Gasteiger partial charge is 0.312 e. The average molecular weight is 169 g/mol. The molecule has 0 aliphatic carbocycles. The van der Waals surface area contributed by atoms with Crippen molar-refractivity contribution in [2.45, 2.75) is 13.0 Å². The summed E-state index contributed by atoms with van der Waals surface area (Å²) in [6, 6.07) is 1.93. The molecule has 0 radical (unpaired) electrons. The number of halogens is 1. The average Bonchev–Trinajstić information content (AvgIpc) is 2.04. The van der Waals surface area contributed by atoms with Crippen molar-refractivity contribution in [3.8, 4) is 0 Å². The Morgan fingerprint density at radius 3 is 3.27 bits per heavy atom. The number of pyridine rings is 1. The van der Waals surface area contributed by atoms with Gasteiger partial charge < -0.3 is 5.32 Å². The Morgan fingerprint density at radius 2 is 2.36 bits per heavy atom. The van der Waals surface area contributed by atoms with E-state index >= 15 is 0 Å². The molecule has 1 aromatic rings. The van der Waals surface area contributed by atoms with Gasteiger partial charge in [-0.2, -0.15) is 0 Å². The highest BCUT2D eigenvalue weighted by atomic mass is 35.5. The van der Waals surface area contributed by atoms with Gasteiger partial charge in [0.05, 0.1) is 0 Å². The number of fused-ring (bicyclic) bond motifs is 1.